The molecule has 1 N–H and O–H groups in total. The predicted octanol–water partition coefficient (Wildman–Crippen LogP) is 2.27. The SMILES string of the molecule is CC(C)(C)c1cc(NC(=O)Cn2cnc(C#N)n2)n(-c2ccccc2)n1. The Morgan fingerprint density at radius 1 is 1.23 bits per heavy atom. The molecule has 0 bridgehead atoms. The van der Waals surface area contributed by atoms with Crippen molar-refractivity contribution in [3.8, 4) is 11.8 Å². The van der Waals surface area contributed by atoms with Gasteiger partial charge in [-0.3, -0.25) is 4.79 Å². The van der Waals surface area contributed by atoms with Gasteiger partial charge in [0.1, 0.15) is 24.8 Å². The zero-order valence-electron chi connectivity index (χ0n) is 14.8. The molecule has 3 aromatic rings. The number of hydrogen-bond donors (Lipinski definition) is 1. The summed E-state index contributed by atoms with van der Waals surface area (Å²) in [6.07, 6.45) is 1.35. The number of anilines is 1. The van der Waals surface area contributed by atoms with Crippen molar-refractivity contribution in [1.82, 2.24) is 24.5 Å². The molecule has 0 spiro atoms. The lowest BCUT2D eigenvalue weighted by Gasteiger charge is -2.14. The highest BCUT2D eigenvalue weighted by Crippen LogP contribution is 2.26. The normalized spacial score (nSPS) is 11.2. The zero-order valence-corrected chi connectivity index (χ0v) is 14.8. The Labute approximate surface area is 151 Å². The van der Waals surface area contributed by atoms with E-state index >= 15 is 0 Å². The number of nitrogens with zero attached hydrogens (tertiary/aromatic N) is 6. The van der Waals surface area contributed by atoms with Crippen LogP contribution in [0.15, 0.2) is 42.7 Å². The van der Waals surface area contributed by atoms with Crippen molar-refractivity contribution in [3.05, 3.63) is 54.2 Å². The van der Waals surface area contributed by atoms with Crippen molar-refractivity contribution in [2.45, 2.75) is 32.7 Å². The average Bonchev–Trinajstić information content (AvgIpc) is 3.22. The first-order chi connectivity index (χ1) is 12.4. The van der Waals surface area contributed by atoms with Gasteiger partial charge in [-0.05, 0) is 12.1 Å². The van der Waals surface area contributed by atoms with E-state index in [1.165, 1.54) is 11.0 Å². The molecule has 8 nitrogen and oxygen atoms in total. The van der Waals surface area contributed by atoms with Crippen LogP contribution in [0.2, 0.25) is 0 Å². The van der Waals surface area contributed by atoms with Gasteiger partial charge in [0.2, 0.25) is 5.91 Å². The number of hydrogen-bond acceptors (Lipinski definition) is 5. The highest BCUT2D eigenvalue weighted by molar-refractivity contribution is 5.90. The quantitative estimate of drug-likeness (QED) is 0.778. The number of nitriles is 1. The number of benzene rings is 1. The molecule has 0 aliphatic rings. The van der Waals surface area contributed by atoms with Crippen LogP contribution in [0.25, 0.3) is 5.69 Å². The number of nitrogens with one attached hydrogen (secondary N) is 1. The lowest BCUT2D eigenvalue weighted by atomic mass is 9.92. The maximum atomic E-state index is 12.4. The third-order valence-corrected chi connectivity index (χ3v) is 3.69. The molecule has 0 saturated carbocycles. The Bertz CT molecular complexity index is 958. The smallest absolute Gasteiger partial charge is 0.252 e. The molecule has 0 saturated heterocycles. The van der Waals surface area contributed by atoms with Crippen molar-refractivity contribution in [2.75, 3.05) is 5.32 Å². The topological polar surface area (TPSA) is 101 Å². The summed E-state index contributed by atoms with van der Waals surface area (Å²) in [5.74, 6) is 0.325. The van der Waals surface area contributed by atoms with Crippen molar-refractivity contribution in [1.29, 1.82) is 5.26 Å². The van der Waals surface area contributed by atoms with E-state index in [9.17, 15) is 4.79 Å². The monoisotopic (exact) mass is 349 g/mol. The Morgan fingerprint density at radius 2 is 1.96 bits per heavy atom. The third-order valence-electron chi connectivity index (χ3n) is 3.69. The molecule has 3 rings (SSSR count). The minimum Gasteiger partial charge on any atom is -0.309 e. The number of rotatable bonds is 4. The summed E-state index contributed by atoms with van der Waals surface area (Å²) in [6.45, 7) is 6.15. The van der Waals surface area contributed by atoms with Crippen LogP contribution in [0.1, 0.15) is 32.3 Å². The molecular weight excluding hydrogens is 330 g/mol. The van der Waals surface area contributed by atoms with E-state index in [1.807, 2.05) is 42.5 Å². The van der Waals surface area contributed by atoms with Gasteiger partial charge in [0.25, 0.3) is 5.82 Å². The second-order valence-electron chi connectivity index (χ2n) is 6.84. The predicted molar refractivity (Wildman–Crippen MR) is 95.6 cm³/mol. The van der Waals surface area contributed by atoms with Crippen molar-refractivity contribution < 1.29 is 4.79 Å². The van der Waals surface area contributed by atoms with Gasteiger partial charge in [0.15, 0.2) is 0 Å². The van der Waals surface area contributed by atoms with E-state index < -0.39 is 0 Å². The van der Waals surface area contributed by atoms with Crippen LogP contribution in [0.4, 0.5) is 5.82 Å². The first-order valence-electron chi connectivity index (χ1n) is 8.12. The molecule has 0 atom stereocenters. The number of para-hydroxylation sites is 1. The molecular formula is C18H19N7O. The molecule has 0 aliphatic carbocycles. The Morgan fingerprint density at radius 3 is 2.58 bits per heavy atom. The fourth-order valence-corrected chi connectivity index (χ4v) is 2.35. The van der Waals surface area contributed by atoms with Crippen molar-refractivity contribution in [2.24, 2.45) is 0 Å². The number of carbonyl (C=O) groups is 1. The Hall–Kier alpha value is -3.47. The molecule has 0 unspecified atom stereocenters. The summed E-state index contributed by atoms with van der Waals surface area (Å²) in [6, 6.07) is 13.3. The summed E-state index contributed by atoms with van der Waals surface area (Å²) in [5.41, 5.74) is 1.56. The lowest BCUT2D eigenvalue weighted by molar-refractivity contribution is -0.116. The molecule has 26 heavy (non-hydrogen) atoms. The number of amides is 1. The highest BCUT2D eigenvalue weighted by atomic mass is 16.2. The van der Waals surface area contributed by atoms with E-state index in [0.29, 0.717) is 5.82 Å². The first-order valence-corrected chi connectivity index (χ1v) is 8.12. The summed E-state index contributed by atoms with van der Waals surface area (Å²) >= 11 is 0. The van der Waals surface area contributed by atoms with E-state index in [1.54, 1.807) is 4.68 Å². The van der Waals surface area contributed by atoms with Crippen LogP contribution in [0.5, 0.6) is 0 Å². The number of aromatic nitrogens is 5. The van der Waals surface area contributed by atoms with Gasteiger partial charge in [0.05, 0.1) is 11.4 Å². The summed E-state index contributed by atoms with van der Waals surface area (Å²) < 4.78 is 3.03. The summed E-state index contributed by atoms with van der Waals surface area (Å²) in [5, 5.41) is 20.2. The van der Waals surface area contributed by atoms with Gasteiger partial charge in [-0.15, -0.1) is 5.10 Å². The fourth-order valence-electron chi connectivity index (χ4n) is 2.35. The van der Waals surface area contributed by atoms with Crippen LogP contribution in [-0.2, 0) is 16.8 Å². The maximum Gasteiger partial charge on any atom is 0.252 e. The van der Waals surface area contributed by atoms with Gasteiger partial charge in [-0.1, -0.05) is 39.0 Å². The molecule has 0 aliphatic heterocycles. The van der Waals surface area contributed by atoms with E-state index in [4.69, 9.17) is 5.26 Å². The number of carbonyl (C=O) groups excluding carboxylic acids is 1. The minimum atomic E-state index is -0.281. The average molecular weight is 349 g/mol. The highest BCUT2D eigenvalue weighted by Gasteiger charge is 2.21. The van der Waals surface area contributed by atoms with Gasteiger partial charge in [-0.2, -0.15) is 10.4 Å². The van der Waals surface area contributed by atoms with E-state index in [-0.39, 0.29) is 23.7 Å². The van der Waals surface area contributed by atoms with Crippen LogP contribution < -0.4 is 5.32 Å². The van der Waals surface area contributed by atoms with Gasteiger partial charge in [0, 0.05) is 11.5 Å². The Kier molecular flexibility index (Phi) is 4.54. The second-order valence-corrected chi connectivity index (χ2v) is 6.84. The molecule has 1 amide bonds. The molecule has 0 fully saturated rings. The van der Waals surface area contributed by atoms with Gasteiger partial charge >= 0.3 is 0 Å². The first kappa shape index (κ1) is 17.4. The van der Waals surface area contributed by atoms with Gasteiger partial charge < -0.3 is 5.32 Å². The van der Waals surface area contributed by atoms with Crippen LogP contribution >= 0.6 is 0 Å². The molecule has 132 valence electrons. The third kappa shape index (κ3) is 3.78. The van der Waals surface area contributed by atoms with E-state index in [2.05, 4.69) is 41.3 Å². The standard InChI is InChI=1S/C18H19N7O/c1-18(2,3)14-9-16(25(22-14)13-7-5-4-6-8-13)21-17(26)11-24-12-20-15(10-19)23-24/h4-9,12H,11H2,1-3H3,(H,21,26). The minimum absolute atomic E-state index is 0.0298. The molecule has 2 heterocycles. The summed E-state index contributed by atoms with van der Waals surface area (Å²) in [7, 11) is 0. The van der Waals surface area contributed by atoms with E-state index in [0.717, 1.165) is 11.4 Å². The summed E-state index contributed by atoms with van der Waals surface area (Å²) in [4.78, 5) is 16.2. The second kappa shape index (κ2) is 6.80. The van der Waals surface area contributed by atoms with Crippen LogP contribution in [-0.4, -0.2) is 30.5 Å². The molecule has 2 aromatic heterocycles. The molecule has 8 heteroatoms. The zero-order chi connectivity index (χ0) is 18.7. The molecule has 1 aromatic carbocycles. The van der Waals surface area contributed by atoms with Gasteiger partial charge in [-0.25, -0.2) is 14.3 Å². The van der Waals surface area contributed by atoms with Crippen LogP contribution in [0, 0.1) is 11.3 Å². The Balaban J connectivity index is 1.87. The largest absolute Gasteiger partial charge is 0.309 e. The van der Waals surface area contributed by atoms with Crippen molar-refractivity contribution >= 4 is 11.7 Å². The molecule has 0 radical (unpaired) electrons. The fraction of sp³-hybridized carbons (Fsp3) is 0.278. The maximum absolute atomic E-state index is 12.4. The lowest BCUT2D eigenvalue weighted by Crippen LogP contribution is -2.21. The van der Waals surface area contributed by atoms with Crippen molar-refractivity contribution in [3.63, 3.8) is 0 Å². The van der Waals surface area contributed by atoms with Crippen LogP contribution in [0.3, 0.4) is 0 Å².